The Hall–Kier alpha value is -2.38. The molecule has 0 spiro atoms. The first-order chi connectivity index (χ1) is 11.8. The molecule has 0 radical (unpaired) electrons. The highest BCUT2D eigenvalue weighted by Crippen LogP contribution is 2.40. The van der Waals surface area contributed by atoms with Crippen molar-refractivity contribution in [2.45, 2.75) is 19.3 Å². The van der Waals surface area contributed by atoms with Crippen LogP contribution in [-0.4, -0.2) is 4.98 Å². The van der Waals surface area contributed by atoms with E-state index in [2.05, 4.69) is 42.5 Å². The topological polar surface area (TPSA) is 12.9 Å². The molecule has 1 aromatic heterocycles. The molecule has 0 unspecified atom stereocenters. The summed E-state index contributed by atoms with van der Waals surface area (Å²) in [5.41, 5.74) is 6.03. The second-order valence-corrected chi connectivity index (χ2v) is 6.84. The number of fused-ring (bicyclic) bond motifs is 5. The molecule has 4 aromatic rings. The lowest BCUT2D eigenvalue weighted by atomic mass is 9.95. The molecule has 5 rings (SSSR count). The van der Waals surface area contributed by atoms with E-state index in [-0.39, 0.29) is 0 Å². The Balaban J connectivity index is 1.93. The van der Waals surface area contributed by atoms with E-state index in [1.54, 1.807) is 0 Å². The van der Waals surface area contributed by atoms with Crippen LogP contribution in [0.3, 0.4) is 0 Å². The SMILES string of the molecule is Clc1ccccc1-c1nc2ccc3ccccc3c2c2c1CCC2. The van der Waals surface area contributed by atoms with Crippen LogP contribution >= 0.6 is 11.6 Å². The Kier molecular flexibility index (Phi) is 3.11. The third-order valence-electron chi connectivity index (χ3n) is 5.07. The number of hydrogen-bond donors (Lipinski definition) is 0. The van der Waals surface area contributed by atoms with Gasteiger partial charge in [0.2, 0.25) is 0 Å². The first-order valence-corrected chi connectivity index (χ1v) is 8.79. The van der Waals surface area contributed by atoms with Crippen molar-refractivity contribution in [1.29, 1.82) is 0 Å². The second-order valence-electron chi connectivity index (χ2n) is 6.43. The van der Waals surface area contributed by atoms with Crippen LogP contribution in [0.25, 0.3) is 32.9 Å². The monoisotopic (exact) mass is 329 g/mol. The molecule has 0 atom stereocenters. The molecule has 1 aliphatic carbocycles. The molecule has 0 saturated carbocycles. The van der Waals surface area contributed by atoms with Gasteiger partial charge in [-0.2, -0.15) is 0 Å². The zero-order valence-electron chi connectivity index (χ0n) is 13.2. The fraction of sp³-hybridized carbons (Fsp3) is 0.136. The quantitative estimate of drug-likeness (QED) is 0.379. The van der Waals surface area contributed by atoms with Gasteiger partial charge in [-0.3, -0.25) is 0 Å². The summed E-state index contributed by atoms with van der Waals surface area (Å²) in [6, 6.07) is 21.0. The molecule has 0 bridgehead atoms. The first kappa shape index (κ1) is 14.0. The predicted octanol–water partition coefficient (Wildman–Crippen LogP) is 6.20. The lowest BCUT2D eigenvalue weighted by molar-refractivity contribution is 0.913. The maximum atomic E-state index is 6.47. The average Bonchev–Trinajstić information content (AvgIpc) is 3.11. The molecule has 0 N–H and O–H groups in total. The van der Waals surface area contributed by atoms with Gasteiger partial charge in [0.25, 0.3) is 0 Å². The molecule has 24 heavy (non-hydrogen) atoms. The van der Waals surface area contributed by atoms with E-state index in [0.29, 0.717) is 0 Å². The molecular formula is C22H16ClN. The van der Waals surface area contributed by atoms with Crippen molar-refractivity contribution in [2.24, 2.45) is 0 Å². The van der Waals surface area contributed by atoms with Gasteiger partial charge < -0.3 is 0 Å². The zero-order chi connectivity index (χ0) is 16.1. The molecule has 0 saturated heterocycles. The molecule has 2 heteroatoms. The second kappa shape index (κ2) is 5.32. The number of nitrogens with zero attached hydrogens (tertiary/aromatic N) is 1. The normalized spacial score (nSPS) is 13.5. The number of halogens is 1. The van der Waals surface area contributed by atoms with Crippen molar-refractivity contribution in [2.75, 3.05) is 0 Å². The van der Waals surface area contributed by atoms with Crippen LogP contribution in [0, 0.1) is 0 Å². The van der Waals surface area contributed by atoms with E-state index < -0.39 is 0 Å². The van der Waals surface area contributed by atoms with Crippen LogP contribution in [0.15, 0.2) is 60.7 Å². The summed E-state index contributed by atoms with van der Waals surface area (Å²) in [6.45, 7) is 0. The van der Waals surface area contributed by atoms with Crippen LogP contribution < -0.4 is 0 Å². The summed E-state index contributed by atoms with van der Waals surface area (Å²) in [6.07, 6.45) is 3.40. The van der Waals surface area contributed by atoms with Crippen LogP contribution in [0.1, 0.15) is 17.5 Å². The zero-order valence-corrected chi connectivity index (χ0v) is 14.0. The Morgan fingerprint density at radius 3 is 2.50 bits per heavy atom. The van der Waals surface area contributed by atoms with Gasteiger partial charge in [0, 0.05) is 16.0 Å². The standard InChI is InChI=1S/C22H16ClN/c23-19-11-4-3-8-18(19)22-17-10-5-9-16(17)21-15-7-2-1-6-14(15)12-13-20(21)24-22/h1-4,6-8,11-13H,5,9-10H2. The van der Waals surface area contributed by atoms with E-state index in [1.807, 2.05) is 18.2 Å². The fourth-order valence-corrected chi connectivity index (χ4v) is 4.24. The highest BCUT2D eigenvalue weighted by molar-refractivity contribution is 6.33. The van der Waals surface area contributed by atoms with Gasteiger partial charge >= 0.3 is 0 Å². The number of aromatic nitrogens is 1. The lowest BCUT2D eigenvalue weighted by Crippen LogP contribution is -1.96. The van der Waals surface area contributed by atoms with E-state index in [9.17, 15) is 0 Å². The third-order valence-corrected chi connectivity index (χ3v) is 5.40. The number of pyridine rings is 1. The van der Waals surface area contributed by atoms with Gasteiger partial charge in [-0.1, -0.05) is 60.1 Å². The molecule has 3 aromatic carbocycles. The summed E-state index contributed by atoms with van der Waals surface area (Å²) in [5.74, 6) is 0. The predicted molar refractivity (Wildman–Crippen MR) is 102 cm³/mol. The highest BCUT2D eigenvalue weighted by Gasteiger charge is 2.22. The minimum Gasteiger partial charge on any atom is -0.247 e. The molecule has 116 valence electrons. The number of aryl methyl sites for hydroxylation is 1. The summed E-state index contributed by atoms with van der Waals surface area (Å²) >= 11 is 6.47. The van der Waals surface area contributed by atoms with Crippen LogP contribution in [0.5, 0.6) is 0 Å². The molecule has 1 nitrogen and oxygen atoms in total. The summed E-state index contributed by atoms with van der Waals surface area (Å²) in [7, 11) is 0. The highest BCUT2D eigenvalue weighted by atomic mass is 35.5. The molecule has 1 aliphatic rings. The summed E-state index contributed by atoms with van der Waals surface area (Å²) < 4.78 is 0. The lowest BCUT2D eigenvalue weighted by Gasteiger charge is -2.14. The average molecular weight is 330 g/mol. The third kappa shape index (κ3) is 1.98. The Bertz CT molecular complexity index is 1100. The molecular weight excluding hydrogens is 314 g/mol. The maximum Gasteiger partial charge on any atom is 0.0759 e. The van der Waals surface area contributed by atoms with Crippen LogP contribution in [0.4, 0.5) is 0 Å². The van der Waals surface area contributed by atoms with Gasteiger partial charge in [-0.15, -0.1) is 0 Å². The van der Waals surface area contributed by atoms with Crippen molar-refractivity contribution in [3.8, 4) is 11.3 Å². The van der Waals surface area contributed by atoms with Crippen LogP contribution in [0.2, 0.25) is 5.02 Å². The van der Waals surface area contributed by atoms with Crippen molar-refractivity contribution < 1.29 is 0 Å². The van der Waals surface area contributed by atoms with Gasteiger partial charge in [-0.25, -0.2) is 4.98 Å². The molecule has 0 aliphatic heterocycles. The smallest absolute Gasteiger partial charge is 0.0759 e. The number of rotatable bonds is 1. The van der Waals surface area contributed by atoms with Gasteiger partial charge in [0.1, 0.15) is 0 Å². The Morgan fingerprint density at radius 2 is 1.58 bits per heavy atom. The van der Waals surface area contributed by atoms with Crippen molar-refractivity contribution in [1.82, 2.24) is 4.98 Å². The van der Waals surface area contributed by atoms with Gasteiger partial charge in [-0.05, 0) is 53.3 Å². The minimum absolute atomic E-state index is 0.777. The molecule has 0 amide bonds. The number of hydrogen-bond acceptors (Lipinski definition) is 1. The van der Waals surface area contributed by atoms with Gasteiger partial charge in [0.15, 0.2) is 0 Å². The van der Waals surface area contributed by atoms with Crippen molar-refractivity contribution >= 4 is 33.3 Å². The van der Waals surface area contributed by atoms with Gasteiger partial charge in [0.05, 0.1) is 11.2 Å². The summed E-state index contributed by atoms with van der Waals surface area (Å²) in [5, 5.41) is 4.70. The Morgan fingerprint density at radius 1 is 0.792 bits per heavy atom. The maximum absolute atomic E-state index is 6.47. The van der Waals surface area contributed by atoms with Crippen molar-refractivity contribution in [3.05, 3.63) is 76.8 Å². The minimum atomic E-state index is 0.777. The molecule has 0 fully saturated rings. The van der Waals surface area contributed by atoms with E-state index in [1.165, 1.54) is 33.7 Å². The van der Waals surface area contributed by atoms with E-state index in [4.69, 9.17) is 16.6 Å². The largest absolute Gasteiger partial charge is 0.247 e. The summed E-state index contributed by atoms with van der Waals surface area (Å²) in [4.78, 5) is 5.04. The van der Waals surface area contributed by atoms with E-state index in [0.717, 1.165) is 34.6 Å². The van der Waals surface area contributed by atoms with E-state index >= 15 is 0 Å². The molecule has 1 heterocycles. The first-order valence-electron chi connectivity index (χ1n) is 8.41. The number of benzene rings is 3. The Labute approximate surface area is 145 Å². The van der Waals surface area contributed by atoms with Crippen LogP contribution in [-0.2, 0) is 12.8 Å². The van der Waals surface area contributed by atoms with Crippen molar-refractivity contribution in [3.63, 3.8) is 0 Å². The fourth-order valence-electron chi connectivity index (χ4n) is 4.02.